The monoisotopic (exact) mass is 1890 g/mol. The Bertz CT molecular complexity index is 2500. The molecule has 0 aromatic rings. The van der Waals surface area contributed by atoms with Crippen molar-refractivity contribution in [2.75, 3.05) is 118 Å². The molecular formula is C111H219N6O14S+. The van der Waals surface area contributed by atoms with Crippen LogP contribution in [0, 0.1) is 0 Å². The summed E-state index contributed by atoms with van der Waals surface area (Å²) in [7, 11) is -0.101. The fourth-order valence-corrected chi connectivity index (χ4v) is 18.7. The first-order valence-corrected chi connectivity index (χ1v) is 58.5. The summed E-state index contributed by atoms with van der Waals surface area (Å²) in [5.41, 5.74) is 0. The maximum absolute atomic E-state index is 14.5. The topological polar surface area (TPSA) is 228 Å². The van der Waals surface area contributed by atoms with Crippen LogP contribution in [0.2, 0.25) is 0 Å². The number of hydrogen-bond donors (Lipinski definition) is 2. The molecule has 0 fully saturated rings. The largest absolute Gasteiger partial charge is 0.461 e. The second-order valence-corrected chi connectivity index (χ2v) is 42.3. The first-order chi connectivity index (χ1) is 64.0. The summed E-state index contributed by atoms with van der Waals surface area (Å²) in [4.78, 5) is 96.5. The first kappa shape index (κ1) is 129. The molecule has 1 amide bonds. The van der Waals surface area contributed by atoms with Crippen molar-refractivity contribution in [2.24, 2.45) is 0 Å². The van der Waals surface area contributed by atoms with Crippen molar-refractivity contribution in [3.05, 3.63) is 0 Å². The number of ether oxygens (including phenoxy) is 5. The van der Waals surface area contributed by atoms with Crippen LogP contribution in [0.1, 0.15) is 532 Å². The molecule has 21 heteroatoms. The number of esters is 5. The average molecular weight is 1890 g/mol. The molecule has 0 radical (unpaired) electrons. The highest BCUT2D eigenvalue weighted by atomic mass is 32.2. The van der Waals surface area contributed by atoms with Crippen molar-refractivity contribution in [1.82, 2.24) is 24.9 Å². The standard InChI is InChI=1S/C111H218N6O14S/c1-13-23-33-43-53-63-74-101(127-107(119)79-68-58-48-38-28-18-6)96-114(86-84-106(118)112-85-94-117(11,12)93-73-95-132(124,125)126)90-87-113(88-91-115(97-102(75-64-54-44-34-24-14-2)128-108(120)80-69-59-49-39-29-19-7)98-103(76-65-55-45-35-25-15-3)129-109(121)81-70-60-50-40-30-20-8)89-92-116(99-104(77-66-56-46-36-26-16-4)130-110(122)82-71-61-51-41-31-21-9)100-105(78-67-57-47-37-27-17-5)131-111(123)83-72-62-52-42-32-22-10/h101-105H,13-100H2,1-12H3,(H-,112,118,124,125,126)/p+1. The second kappa shape index (κ2) is 93.8. The molecule has 0 spiro atoms. The summed E-state index contributed by atoms with van der Waals surface area (Å²) in [5, 5.41) is 3.22. The van der Waals surface area contributed by atoms with Gasteiger partial charge in [-0.25, -0.2) is 0 Å². The van der Waals surface area contributed by atoms with Crippen molar-refractivity contribution < 1.29 is 69.9 Å². The number of likely N-dealkylation sites (N-methyl/N-ethyl adjacent to an activating group) is 1. The van der Waals surface area contributed by atoms with Crippen LogP contribution in [0.3, 0.4) is 0 Å². The lowest BCUT2D eigenvalue weighted by molar-refractivity contribution is -0.889. The Morgan fingerprint density at radius 2 is 0.447 bits per heavy atom. The van der Waals surface area contributed by atoms with E-state index in [0.717, 1.165) is 295 Å². The van der Waals surface area contributed by atoms with Crippen molar-refractivity contribution in [1.29, 1.82) is 0 Å². The zero-order valence-corrected chi connectivity index (χ0v) is 89.8. The summed E-state index contributed by atoms with van der Waals surface area (Å²) in [6.45, 7) is 30.1. The van der Waals surface area contributed by atoms with E-state index >= 15 is 0 Å². The van der Waals surface area contributed by atoms with E-state index < -0.39 is 16.2 Å². The summed E-state index contributed by atoms with van der Waals surface area (Å²) in [6.07, 6.45) is 69.2. The minimum Gasteiger partial charge on any atom is -0.461 e. The van der Waals surface area contributed by atoms with Crippen LogP contribution >= 0.6 is 0 Å². The van der Waals surface area contributed by atoms with E-state index in [-0.39, 0.29) is 78.8 Å². The molecule has 20 nitrogen and oxygen atoms in total. The van der Waals surface area contributed by atoms with Gasteiger partial charge in [-0.1, -0.05) is 390 Å². The lowest BCUT2D eigenvalue weighted by Gasteiger charge is -2.36. The van der Waals surface area contributed by atoms with Gasteiger partial charge in [-0.3, -0.25) is 52.9 Å². The van der Waals surface area contributed by atoms with Crippen molar-refractivity contribution in [3.8, 4) is 0 Å². The number of unbranched alkanes of at least 4 members (excludes halogenated alkanes) is 50. The summed E-state index contributed by atoms with van der Waals surface area (Å²) in [6, 6.07) is 0. The Morgan fingerprint density at radius 3 is 0.674 bits per heavy atom. The van der Waals surface area contributed by atoms with Crippen LogP contribution in [0.4, 0.5) is 0 Å². The molecule has 0 heterocycles. The van der Waals surface area contributed by atoms with E-state index in [1.165, 1.54) is 116 Å². The number of carbonyl (C=O) groups excluding carboxylic acids is 6. The molecule has 782 valence electrons. The van der Waals surface area contributed by atoms with Gasteiger partial charge >= 0.3 is 29.8 Å². The predicted molar refractivity (Wildman–Crippen MR) is 556 cm³/mol. The third kappa shape index (κ3) is 86.8. The quantitative estimate of drug-likeness (QED) is 0.0190. The molecule has 5 atom stereocenters. The minimum atomic E-state index is -4.11. The third-order valence-corrected chi connectivity index (χ3v) is 27.7. The van der Waals surface area contributed by atoms with Gasteiger partial charge in [0.2, 0.25) is 5.91 Å². The van der Waals surface area contributed by atoms with Crippen LogP contribution in [0.25, 0.3) is 0 Å². The van der Waals surface area contributed by atoms with E-state index in [4.69, 9.17) is 23.7 Å². The number of rotatable bonds is 104. The molecule has 2 N–H and O–H groups in total. The summed E-state index contributed by atoms with van der Waals surface area (Å²) < 4.78 is 67.4. The smallest absolute Gasteiger partial charge is 0.306 e. The van der Waals surface area contributed by atoms with E-state index in [1.807, 2.05) is 14.1 Å². The van der Waals surface area contributed by atoms with Crippen molar-refractivity contribution in [2.45, 2.75) is 562 Å². The molecule has 0 aliphatic rings. The van der Waals surface area contributed by atoms with Crippen LogP contribution in [-0.2, 0) is 62.6 Å². The van der Waals surface area contributed by atoms with Gasteiger partial charge < -0.3 is 33.5 Å². The molecule has 5 unspecified atom stereocenters. The van der Waals surface area contributed by atoms with Crippen LogP contribution in [0.5, 0.6) is 0 Å². The molecule has 0 saturated heterocycles. The van der Waals surface area contributed by atoms with Gasteiger partial charge in [0.15, 0.2) is 0 Å². The Hall–Kier alpha value is -3.47. The Balaban J connectivity index is 9.34. The lowest BCUT2D eigenvalue weighted by Crippen LogP contribution is -2.49. The molecule has 0 aliphatic heterocycles. The van der Waals surface area contributed by atoms with E-state index in [9.17, 15) is 41.7 Å². The number of carbonyl (C=O) groups is 6. The maximum atomic E-state index is 14.5. The lowest BCUT2D eigenvalue weighted by atomic mass is 10.0. The Labute approximate surface area is 816 Å². The summed E-state index contributed by atoms with van der Waals surface area (Å²) >= 11 is 0. The fourth-order valence-electron chi connectivity index (χ4n) is 18.2. The molecule has 0 aliphatic carbocycles. The van der Waals surface area contributed by atoms with Crippen molar-refractivity contribution in [3.63, 3.8) is 0 Å². The highest BCUT2D eigenvalue weighted by molar-refractivity contribution is 7.85. The SMILES string of the molecule is CCCCCCCCC(=O)OC(CCCCCCCC)CN(CCC(=O)NCC[N+](C)(C)CCCS(=O)(=O)O)CCN(CCN(CC(CCCCCCCC)OC(=O)CCCCCCCC)CC(CCCCCCCC)OC(=O)CCCCCCCC)CCN(CC(CCCCCCCC)OC(=O)CCCCCCCC)CC(CCCCCCCC)OC(=O)CCCCCCCC. The van der Waals surface area contributed by atoms with Crippen molar-refractivity contribution >= 4 is 45.9 Å². The average Bonchev–Trinajstić information content (AvgIpc) is 0.885. The molecule has 0 rings (SSSR count). The molecule has 0 saturated carbocycles. The normalized spacial score (nSPS) is 13.2. The Morgan fingerprint density at radius 1 is 0.250 bits per heavy atom. The maximum Gasteiger partial charge on any atom is 0.306 e. The highest BCUT2D eigenvalue weighted by Gasteiger charge is 2.30. The van der Waals surface area contributed by atoms with Gasteiger partial charge in [0.1, 0.15) is 30.5 Å². The van der Waals surface area contributed by atoms with Gasteiger partial charge in [0, 0.05) is 123 Å². The zero-order chi connectivity index (χ0) is 97.1. The number of nitrogens with one attached hydrogen (secondary N) is 1. The fraction of sp³-hybridized carbons (Fsp3) is 0.946. The van der Waals surface area contributed by atoms with E-state index in [1.54, 1.807) is 0 Å². The van der Waals surface area contributed by atoms with Gasteiger partial charge in [-0.2, -0.15) is 8.42 Å². The molecular weight excluding hydrogens is 1670 g/mol. The molecule has 132 heavy (non-hydrogen) atoms. The first-order valence-electron chi connectivity index (χ1n) is 56.9. The number of amides is 1. The van der Waals surface area contributed by atoms with E-state index in [2.05, 4.69) is 94.2 Å². The van der Waals surface area contributed by atoms with Gasteiger partial charge in [-0.15, -0.1) is 0 Å². The Kier molecular flexibility index (Phi) is 91.3. The van der Waals surface area contributed by atoms with Gasteiger partial charge in [0.25, 0.3) is 10.1 Å². The number of nitrogens with zero attached hydrogens (tertiary/aromatic N) is 5. The van der Waals surface area contributed by atoms with Crippen LogP contribution in [-0.4, -0.2) is 221 Å². The number of quaternary nitrogens is 1. The molecule has 0 bridgehead atoms. The molecule has 0 aromatic carbocycles. The van der Waals surface area contributed by atoms with Crippen LogP contribution < -0.4 is 5.32 Å². The second-order valence-electron chi connectivity index (χ2n) is 40.7. The third-order valence-electron chi connectivity index (χ3n) is 26.9. The van der Waals surface area contributed by atoms with Gasteiger partial charge in [-0.05, 0) is 96.3 Å². The highest BCUT2D eigenvalue weighted by Crippen LogP contribution is 2.24. The summed E-state index contributed by atoms with van der Waals surface area (Å²) in [5.74, 6) is -1.17. The molecule has 0 aromatic heterocycles. The van der Waals surface area contributed by atoms with Crippen LogP contribution in [0.15, 0.2) is 0 Å². The van der Waals surface area contributed by atoms with E-state index in [0.29, 0.717) is 141 Å². The minimum absolute atomic E-state index is 0.105. The zero-order valence-electron chi connectivity index (χ0n) is 89.0. The van der Waals surface area contributed by atoms with Gasteiger partial charge in [0.05, 0.1) is 39.5 Å². The predicted octanol–water partition coefficient (Wildman–Crippen LogP) is 28.1. The number of hydrogen-bond acceptors (Lipinski definition) is 17.